The normalized spacial score (nSPS) is 24.1. The molecule has 0 saturated heterocycles. The largest absolute Gasteiger partial charge is 0.314 e. The summed E-state index contributed by atoms with van der Waals surface area (Å²) < 4.78 is 1.94. The topological polar surface area (TPSA) is 59.8 Å². The molecule has 0 atom stereocenters. The first-order valence-corrected chi connectivity index (χ1v) is 6.73. The first-order valence-electron chi connectivity index (χ1n) is 6.73. The molecule has 0 radical (unpaired) electrons. The minimum atomic E-state index is 0.303. The summed E-state index contributed by atoms with van der Waals surface area (Å²) >= 11 is 0. The van der Waals surface area contributed by atoms with Crippen LogP contribution in [0.2, 0.25) is 0 Å². The average molecular weight is 250 g/mol. The Morgan fingerprint density at radius 3 is 2.78 bits per heavy atom. The number of nitrogens with zero attached hydrogens (tertiary/aromatic N) is 3. The van der Waals surface area contributed by atoms with Gasteiger partial charge in [-0.3, -0.25) is 9.48 Å². The van der Waals surface area contributed by atoms with E-state index < -0.39 is 0 Å². The first-order chi connectivity index (χ1) is 8.69. The maximum Gasteiger partial charge on any atom is 0.132 e. The van der Waals surface area contributed by atoms with Crippen LogP contribution in [0.4, 0.5) is 0 Å². The lowest BCUT2D eigenvalue weighted by Gasteiger charge is -2.26. The van der Waals surface area contributed by atoms with E-state index in [9.17, 15) is 4.79 Å². The molecule has 0 bridgehead atoms. The van der Waals surface area contributed by atoms with Gasteiger partial charge >= 0.3 is 0 Å². The highest BCUT2D eigenvalue weighted by Crippen LogP contribution is 2.30. The van der Waals surface area contributed by atoms with Crippen molar-refractivity contribution in [1.82, 2.24) is 20.3 Å². The van der Waals surface area contributed by atoms with E-state index in [0.29, 0.717) is 17.6 Å². The lowest BCUT2D eigenvalue weighted by atomic mass is 9.80. The Bertz CT molecular complexity index is 393. The van der Waals surface area contributed by atoms with E-state index in [4.69, 9.17) is 0 Å². The predicted molar refractivity (Wildman–Crippen MR) is 68.9 cm³/mol. The first kappa shape index (κ1) is 13.2. The molecule has 1 aliphatic carbocycles. The van der Waals surface area contributed by atoms with Crippen LogP contribution in [0.3, 0.4) is 0 Å². The van der Waals surface area contributed by atoms with Gasteiger partial charge in [-0.25, -0.2) is 0 Å². The number of aromatic nitrogens is 3. The second-order valence-corrected chi connectivity index (χ2v) is 5.29. The van der Waals surface area contributed by atoms with Crippen molar-refractivity contribution in [2.75, 3.05) is 7.05 Å². The van der Waals surface area contributed by atoms with E-state index >= 15 is 0 Å². The van der Waals surface area contributed by atoms with E-state index in [2.05, 4.69) is 15.6 Å². The van der Waals surface area contributed by atoms with Crippen LogP contribution in [-0.4, -0.2) is 27.8 Å². The molecule has 0 aromatic carbocycles. The molecule has 0 spiro atoms. The van der Waals surface area contributed by atoms with E-state index in [1.807, 2.05) is 17.9 Å². The zero-order valence-corrected chi connectivity index (χ0v) is 11.2. The van der Waals surface area contributed by atoms with Crippen molar-refractivity contribution in [3.05, 3.63) is 11.9 Å². The molecule has 1 saturated carbocycles. The van der Waals surface area contributed by atoms with Crippen molar-refractivity contribution in [2.24, 2.45) is 11.8 Å². The molecule has 2 rings (SSSR count). The summed E-state index contributed by atoms with van der Waals surface area (Å²) in [6, 6.07) is 0. The minimum Gasteiger partial charge on any atom is -0.314 e. The Hall–Kier alpha value is -1.23. The van der Waals surface area contributed by atoms with Crippen molar-refractivity contribution in [3.8, 4) is 0 Å². The summed E-state index contributed by atoms with van der Waals surface area (Å²) in [7, 11) is 1.90. The standard InChI is InChI=1S/C13H22N4O/c1-10(18)12-5-3-11(4-6-12)8-17-9-13(7-14-2)15-16-17/h9,11-12,14H,3-8H2,1-2H3. The van der Waals surface area contributed by atoms with Gasteiger partial charge < -0.3 is 5.32 Å². The van der Waals surface area contributed by atoms with Crippen LogP contribution in [0.15, 0.2) is 6.20 Å². The molecule has 0 amide bonds. The number of carbonyl (C=O) groups is 1. The summed E-state index contributed by atoms with van der Waals surface area (Å²) in [6.07, 6.45) is 6.35. The smallest absolute Gasteiger partial charge is 0.132 e. The summed E-state index contributed by atoms with van der Waals surface area (Å²) in [5.74, 6) is 1.30. The highest BCUT2D eigenvalue weighted by Gasteiger charge is 2.24. The molecular formula is C13H22N4O. The molecule has 0 unspecified atom stereocenters. The number of nitrogens with one attached hydrogen (secondary N) is 1. The molecule has 18 heavy (non-hydrogen) atoms. The number of Topliss-reactive ketones (excluding diaryl/α,β-unsaturated/α-hetero) is 1. The molecular weight excluding hydrogens is 228 g/mol. The molecule has 5 nitrogen and oxygen atoms in total. The van der Waals surface area contributed by atoms with Gasteiger partial charge in [0.25, 0.3) is 0 Å². The maximum absolute atomic E-state index is 11.3. The van der Waals surface area contributed by atoms with Gasteiger partial charge in [-0.15, -0.1) is 5.10 Å². The number of carbonyl (C=O) groups excluding carboxylic acids is 1. The van der Waals surface area contributed by atoms with Gasteiger partial charge in [0, 0.05) is 25.2 Å². The van der Waals surface area contributed by atoms with Crippen LogP contribution < -0.4 is 5.32 Å². The third-order valence-electron chi connectivity index (χ3n) is 3.81. The van der Waals surface area contributed by atoms with Gasteiger partial charge in [0.2, 0.25) is 0 Å². The zero-order chi connectivity index (χ0) is 13.0. The average Bonchev–Trinajstić information content (AvgIpc) is 2.78. The predicted octanol–water partition coefficient (Wildman–Crippen LogP) is 1.39. The van der Waals surface area contributed by atoms with Gasteiger partial charge in [0.05, 0.1) is 5.69 Å². The second-order valence-electron chi connectivity index (χ2n) is 5.29. The lowest BCUT2D eigenvalue weighted by Crippen LogP contribution is -2.22. The number of rotatable bonds is 5. The Labute approximate surface area is 108 Å². The van der Waals surface area contributed by atoms with E-state index in [1.165, 1.54) is 0 Å². The Morgan fingerprint density at radius 2 is 2.17 bits per heavy atom. The SMILES string of the molecule is CNCc1cn(CC2CCC(C(C)=O)CC2)nn1. The molecule has 1 aliphatic rings. The third-order valence-corrected chi connectivity index (χ3v) is 3.81. The molecule has 1 aromatic heterocycles. The Kier molecular flexibility index (Phi) is 4.47. The molecule has 5 heteroatoms. The minimum absolute atomic E-state index is 0.303. The summed E-state index contributed by atoms with van der Waals surface area (Å²) in [5, 5.41) is 11.3. The van der Waals surface area contributed by atoms with Crippen LogP contribution in [0.1, 0.15) is 38.3 Å². The van der Waals surface area contributed by atoms with Gasteiger partial charge in [-0.2, -0.15) is 0 Å². The quantitative estimate of drug-likeness (QED) is 0.858. The van der Waals surface area contributed by atoms with Crippen molar-refractivity contribution in [3.63, 3.8) is 0 Å². The highest BCUT2D eigenvalue weighted by atomic mass is 16.1. The van der Waals surface area contributed by atoms with Gasteiger partial charge in [-0.1, -0.05) is 5.21 Å². The molecule has 1 heterocycles. The summed E-state index contributed by atoms with van der Waals surface area (Å²) in [6.45, 7) is 3.41. The lowest BCUT2D eigenvalue weighted by molar-refractivity contribution is -0.121. The fourth-order valence-corrected chi connectivity index (χ4v) is 2.71. The summed E-state index contributed by atoms with van der Waals surface area (Å²) in [4.78, 5) is 11.3. The molecule has 1 N–H and O–H groups in total. The van der Waals surface area contributed by atoms with Crippen molar-refractivity contribution in [2.45, 2.75) is 45.7 Å². The molecule has 100 valence electrons. The fraction of sp³-hybridized carbons (Fsp3) is 0.769. The summed E-state index contributed by atoms with van der Waals surface area (Å²) in [5.41, 5.74) is 0.981. The monoisotopic (exact) mass is 250 g/mol. The third kappa shape index (κ3) is 3.38. The van der Waals surface area contributed by atoms with E-state index in [-0.39, 0.29) is 0 Å². The zero-order valence-electron chi connectivity index (χ0n) is 11.2. The molecule has 1 aromatic rings. The second kappa shape index (κ2) is 6.09. The Morgan fingerprint density at radius 1 is 1.44 bits per heavy atom. The van der Waals surface area contributed by atoms with Gasteiger partial charge in [0.1, 0.15) is 5.78 Å². The number of hydrogen-bond acceptors (Lipinski definition) is 4. The maximum atomic E-state index is 11.3. The van der Waals surface area contributed by atoms with Crippen LogP contribution in [0.25, 0.3) is 0 Å². The van der Waals surface area contributed by atoms with Crippen LogP contribution in [0.5, 0.6) is 0 Å². The van der Waals surface area contributed by atoms with Gasteiger partial charge in [-0.05, 0) is 45.6 Å². The van der Waals surface area contributed by atoms with E-state index in [0.717, 1.165) is 44.5 Å². The van der Waals surface area contributed by atoms with Crippen molar-refractivity contribution in [1.29, 1.82) is 0 Å². The highest BCUT2D eigenvalue weighted by molar-refractivity contribution is 5.78. The van der Waals surface area contributed by atoms with Crippen LogP contribution in [0, 0.1) is 11.8 Å². The fourth-order valence-electron chi connectivity index (χ4n) is 2.71. The van der Waals surface area contributed by atoms with Crippen molar-refractivity contribution < 1.29 is 4.79 Å². The number of hydrogen-bond donors (Lipinski definition) is 1. The van der Waals surface area contributed by atoms with E-state index in [1.54, 1.807) is 6.92 Å². The molecule has 1 fully saturated rings. The Balaban J connectivity index is 1.81. The number of ketones is 1. The molecule has 0 aliphatic heterocycles. The van der Waals surface area contributed by atoms with Crippen LogP contribution >= 0.6 is 0 Å². The van der Waals surface area contributed by atoms with Gasteiger partial charge in [0.15, 0.2) is 0 Å². The van der Waals surface area contributed by atoms with Crippen LogP contribution in [-0.2, 0) is 17.9 Å². The van der Waals surface area contributed by atoms with Crippen molar-refractivity contribution >= 4 is 5.78 Å².